The normalized spacial score (nSPS) is 16.1. The number of pyridine rings is 1. The molecule has 0 aliphatic carbocycles. The Morgan fingerprint density at radius 2 is 2.00 bits per heavy atom. The molecule has 1 aliphatic rings. The van der Waals surface area contributed by atoms with Gasteiger partial charge in [-0.3, -0.25) is 19.9 Å². The first kappa shape index (κ1) is 15.1. The number of imide groups is 1. The van der Waals surface area contributed by atoms with Gasteiger partial charge in [0.05, 0.1) is 10.4 Å². The Morgan fingerprint density at radius 3 is 2.71 bits per heavy atom. The maximum atomic E-state index is 11.7. The number of nitrogens with zero attached hydrogens (tertiary/aromatic N) is 1. The molecule has 0 saturated carbocycles. The minimum absolute atomic E-state index is 0.330. The Kier molecular flexibility index (Phi) is 3.70. The molecule has 1 aliphatic heterocycles. The van der Waals surface area contributed by atoms with Crippen LogP contribution in [0, 0.1) is 6.92 Å². The third-order valence-corrected chi connectivity index (χ3v) is 5.52. The van der Waals surface area contributed by atoms with Crippen LogP contribution in [-0.4, -0.2) is 16.1 Å². The van der Waals surface area contributed by atoms with E-state index in [2.05, 4.69) is 28.0 Å². The number of fused-ring (bicyclic) bond motifs is 1. The summed E-state index contributed by atoms with van der Waals surface area (Å²) in [5.41, 5.74) is 5.32. The predicted octanol–water partition coefficient (Wildman–Crippen LogP) is 4.60. The third kappa shape index (κ3) is 2.64. The average molecular weight is 352 g/mol. The van der Waals surface area contributed by atoms with E-state index < -0.39 is 0 Å². The van der Waals surface area contributed by atoms with Gasteiger partial charge in [0.1, 0.15) is 0 Å². The van der Waals surface area contributed by atoms with Crippen molar-refractivity contribution in [3.8, 4) is 11.1 Å². The van der Waals surface area contributed by atoms with Gasteiger partial charge in [0, 0.05) is 11.6 Å². The lowest BCUT2D eigenvalue weighted by Gasteiger charge is -2.07. The standard InChI is InChI=1S/C18H12N2O2S2/c1-10-8-23-9-14(10)12-4-5-19-15-3-2-11(6-13(12)15)7-16-17(21)20-18(22)24-16/h2-9H,1H3,(H,20,21,22). The molecule has 0 atom stereocenters. The van der Waals surface area contributed by atoms with Crippen molar-refractivity contribution in [3.63, 3.8) is 0 Å². The number of rotatable bonds is 2. The highest BCUT2D eigenvalue weighted by molar-refractivity contribution is 8.18. The molecule has 118 valence electrons. The van der Waals surface area contributed by atoms with E-state index in [4.69, 9.17) is 0 Å². The van der Waals surface area contributed by atoms with Crippen molar-refractivity contribution in [3.05, 3.63) is 57.3 Å². The number of nitrogens with one attached hydrogen (secondary N) is 1. The number of thiophene rings is 1. The molecule has 1 aromatic carbocycles. The fourth-order valence-corrected chi connectivity index (χ4v) is 4.23. The number of hydrogen-bond donors (Lipinski definition) is 1. The van der Waals surface area contributed by atoms with Gasteiger partial charge in [0.2, 0.25) is 0 Å². The summed E-state index contributed by atoms with van der Waals surface area (Å²) in [4.78, 5) is 27.9. The molecule has 2 aromatic heterocycles. The largest absolute Gasteiger partial charge is 0.290 e. The first-order valence-electron chi connectivity index (χ1n) is 7.28. The quantitative estimate of drug-likeness (QED) is 0.685. The van der Waals surface area contributed by atoms with Crippen molar-refractivity contribution < 1.29 is 9.59 Å². The summed E-state index contributed by atoms with van der Waals surface area (Å²) in [7, 11) is 0. The second-order valence-electron chi connectivity index (χ2n) is 5.46. The molecule has 0 unspecified atom stereocenters. The Balaban J connectivity index is 1.86. The van der Waals surface area contributed by atoms with Crippen molar-refractivity contribution in [2.45, 2.75) is 6.92 Å². The lowest BCUT2D eigenvalue weighted by atomic mass is 9.99. The van der Waals surface area contributed by atoms with Gasteiger partial charge in [-0.1, -0.05) is 6.07 Å². The molecule has 3 heterocycles. The average Bonchev–Trinajstić information content (AvgIpc) is 3.12. The molecule has 6 heteroatoms. The van der Waals surface area contributed by atoms with Crippen LogP contribution in [0.3, 0.4) is 0 Å². The Labute approximate surface area is 146 Å². The molecule has 1 N–H and O–H groups in total. The zero-order chi connectivity index (χ0) is 16.7. The zero-order valence-corrected chi connectivity index (χ0v) is 14.3. The van der Waals surface area contributed by atoms with E-state index in [0.29, 0.717) is 4.91 Å². The monoisotopic (exact) mass is 352 g/mol. The molecule has 0 spiro atoms. The number of hydrogen-bond acceptors (Lipinski definition) is 5. The lowest BCUT2D eigenvalue weighted by Crippen LogP contribution is -2.17. The lowest BCUT2D eigenvalue weighted by molar-refractivity contribution is -0.115. The number of aromatic nitrogens is 1. The first-order valence-corrected chi connectivity index (χ1v) is 9.04. The van der Waals surface area contributed by atoms with Crippen LogP contribution in [0.25, 0.3) is 28.1 Å². The van der Waals surface area contributed by atoms with Crippen molar-refractivity contribution in [1.82, 2.24) is 10.3 Å². The van der Waals surface area contributed by atoms with Crippen molar-refractivity contribution >= 4 is 51.2 Å². The van der Waals surface area contributed by atoms with E-state index in [1.807, 2.05) is 30.5 Å². The molecule has 2 amide bonds. The van der Waals surface area contributed by atoms with Gasteiger partial charge in [-0.15, -0.1) is 0 Å². The van der Waals surface area contributed by atoms with Gasteiger partial charge in [0.25, 0.3) is 11.1 Å². The minimum atomic E-state index is -0.342. The summed E-state index contributed by atoms with van der Waals surface area (Å²) in [6.45, 7) is 2.09. The SMILES string of the molecule is Cc1cscc1-c1ccnc2ccc(C=C3SC(=O)NC3=O)cc12. The Morgan fingerprint density at radius 1 is 1.12 bits per heavy atom. The highest BCUT2D eigenvalue weighted by Crippen LogP contribution is 2.33. The summed E-state index contributed by atoms with van der Waals surface area (Å²) in [6, 6.07) is 7.86. The second-order valence-corrected chi connectivity index (χ2v) is 7.21. The zero-order valence-electron chi connectivity index (χ0n) is 12.7. The van der Waals surface area contributed by atoms with Crippen LogP contribution in [0.1, 0.15) is 11.1 Å². The molecule has 1 fully saturated rings. The van der Waals surface area contributed by atoms with Gasteiger partial charge in [-0.2, -0.15) is 11.3 Å². The fraction of sp³-hybridized carbons (Fsp3) is 0.0556. The number of thioether (sulfide) groups is 1. The molecule has 24 heavy (non-hydrogen) atoms. The van der Waals surface area contributed by atoms with Crippen LogP contribution >= 0.6 is 23.1 Å². The van der Waals surface area contributed by atoms with E-state index >= 15 is 0 Å². The van der Waals surface area contributed by atoms with Crippen molar-refractivity contribution in [2.75, 3.05) is 0 Å². The first-order chi connectivity index (χ1) is 11.6. The number of aryl methyl sites for hydroxylation is 1. The van der Waals surface area contributed by atoms with Gasteiger partial charge < -0.3 is 0 Å². The number of amides is 2. The summed E-state index contributed by atoms with van der Waals surface area (Å²) >= 11 is 2.60. The van der Waals surface area contributed by atoms with Gasteiger partial charge >= 0.3 is 0 Å². The van der Waals surface area contributed by atoms with E-state index in [9.17, 15) is 9.59 Å². The van der Waals surface area contributed by atoms with Crippen molar-refractivity contribution in [2.24, 2.45) is 0 Å². The molecule has 0 bridgehead atoms. The molecular weight excluding hydrogens is 340 g/mol. The van der Waals surface area contributed by atoms with Crippen LogP contribution in [0.5, 0.6) is 0 Å². The van der Waals surface area contributed by atoms with Crippen LogP contribution in [0.2, 0.25) is 0 Å². The number of benzene rings is 1. The van der Waals surface area contributed by atoms with E-state index in [1.165, 1.54) is 11.1 Å². The van der Waals surface area contributed by atoms with Crippen LogP contribution in [0.4, 0.5) is 4.79 Å². The Bertz CT molecular complexity index is 1020. The summed E-state index contributed by atoms with van der Waals surface area (Å²) in [6.07, 6.45) is 3.55. The highest BCUT2D eigenvalue weighted by Gasteiger charge is 2.24. The minimum Gasteiger partial charge on any atom is -0.282 e. The van der Waals surface area contributed by atoms with Gasteiger partial charge in [0.15, 0.2) is 0 Å². The predicted molar refractivity (Wildman–Crippen MR) is 98.9 cm³/mol. The summed E-state index contributed by atoms with van der Waals surface area (Å²) in [5, 5.41) is 7.23. The molecule has 4 nitrogen and oxygen atoms in total. The van der Waals surface area contributed by atoms with E-state index in [0.717, 1.165) is 33.8 Å². The number of carbonyl (C=O) groups excluding carboxylic acids is 2. The van der Waals surface area contributed by atoms with Crippen molar-refractivity contribution in [1.29, 1.82) is 0 Å². The van der Waals surface area contributed by atoms with Gasteiger partial charge in [-0.05, 0) is 76.0 Å². The van der Waals surface area contributed by atoms with Crippen LogP contribution in [-0.2, 0) is 4.79 Å². The number of carbonyl (C=O) groups is 2. The molecule has 1 saturated heterocycles. The maximum Gasteiger partial charge on any atom is 0.290 e. The van der Waals surface area contributed by atoms with Crippen LogP contribution < -0.4 is 5.32 Å². The Hall–Kier alpha value is -2.44. The van der Waals surface area contributed by atoms with Gasteiger partial charge in [-0.25, -0.2) is 0 Å². The highest BCUT2D eigenvalue weighted by atomic mass is 32.2. The maximum absolute atomic E-state index is 11.7. The van der Waals surface area contributed by atoms with E-state index in [1.54, 1.807) is 17.4 Å². The smallest absolute Gasteiger partial charge is 0.282 e. The molecule has 0 radical (unpaired) electrons. The summed E-state index contributed by atoms with van der Waals surface area (Å²) in [5.74, 6) is -0.342. The molecular formula is C18H12N2O2S2. The summed E-state index contributed by atoms with van der Waals surface area (Å²) < 4.78 is 0. The van der Waals surface area contributed by atoms with Crippen LogP contribution in [0.15, 0.2) is 46.1 Å². The second kappa shape index (κ2) is 5.89. The molecule has 4 rings (SSSR count). The fourth-order valence-electron chi connectivity index (χ4n) is 2.70. The van der Waals surface area contributed by atoms with E-state index in [-0.39, 0.29) is 11.1 Å². The molecule has 3 aromatic rings. The third-order valence-electron chi connectivity index (χ3n) is 3.85. The topological polar surface area (TPSA) is 59.1 Å².